The van der Waals surface area contributed by atoms with Crippen LogP contribution in [-0.4, -0.2) is 32.0 Å². The molecule has 0 bridgehead atoms. The number of amides is 1. The first kappa shape index (κ1) is 24.8. The second kappa shape index (κ2) is 10.7. The number of thiocarbonyl (C=S) groups is 1. The Morgan fingerprint density at radius 2 is 1.79 bits per heavy atom. The molecule has 194 valence electrons. The summed E-state index contributed by atoms with van der Waals surface area (Å²) in [4.78, 5) is 19.7. The molecule has 2 N–H and O–H groups in total. The summed E-state index contributed by atoms with van der Waals surface area (Å²) in [6, 6.07) is 32.5. The lowest BCUT2D eigenvalue weighted by atomic mass is 10.0. The van der Waals surface area contributed by atoms with Crippen molar-refractivity contribution in [3.8, 4) is 5.69 Å². The molecule has 6 nitrogen and oxygen atoms in total. The van der Waals surface area contributed by atoms with Gasteiger partial charge < -0.3 is 20.1 Å². The molecule has 0 unspecified atom stereocenters. The van der Waals surface area contributed by atoms with Crippen LogP contribution in [0.2, 0.25) is 0 Å². The molecule has 0 spiro atoms. The number of rotatable bonds is 7. The molecule has 1 aliphatic heterocycles. The van der Waals surface area contributed by atoms with Gasteiger partial charge in [-0.3, -0.25) is 9.78 Å². The SMILES string of the molecule is Cc1cccc(NC(=O)CCN2C(=S)N[C@H](c3ccccn3)[C@@H]2c2cccn2-c2ccc3ccccc3c2)c1. The van der Waals surface area contributed by atoms with Crippen molar-refractivity contribution in [3.05, 3.63) is 126 Å². The van der Waals surface area contributed by atoms with E-state index in [4.69, 9.17) is 12.2 Å². The van der Waals surface area contributed by atoms with Gasteiger partial charge >= 0.3 is 0 Å². The Morgan fingerprint density at radius 3 is 2.62 bits per heavy atom. The Morgan fingerprint density at radius 1 is 0.949 bits per heavy atom. The van der Waals surface area contributed by atoms with Crippen LogP contribution in [-0.2, 0) is 4.79 Å². The first-order valence-corrected chi connectivity index (χ1v) is 13.5. The van der Waals surface area contributed by atoms with E-state index < -0.39 is 0 Å². The van der Waals surface area contributed by atoms with Gasteiger partial charge in [0.15, 0.2) is 5.11 Å². The van der Waals surface area contributed by atoms with Gasteiger partial charge in [-0.1, -0.05) is 48.5 Å². The van der Waals surface area contributed by atoms with Gasteiger partial charge in [0.1, 0.15) is 0 Å². The molecule has 39 heavy (non-hydrogen) atoms. The molecule has 5 aromatic rings. The molecule has 2 aromatic heterocycles. The van der Waals surface area contributed by atoms with Crippen LogP contribution < -0.4 is 10.6 Å². The fourth-order valence-electron chi connectivity index (χ4n) is 5.33. The third-order valence-electron chi connectivity index (χ3n) is 7.17. The highest BCUT2D eigenvalue weighted by atomic mass is 32.1. The predicted octanol–water partition coefficient (Wildman–Crippen LogP) is 6.34. The Labute approximate surface area is 233 Å². The first-order chi connectivity index (χ1) is 19.1. The summed E-state index contributed by atoms with van der Waals surface area (Å²) >= 11 is 5.84. The molecule has 3 aromatic carbocycles. The van der Waals surface area contributed by atoms with Crippen molar-refractivity contribution >= 4 is 39.7 Å². The number of hydrogen-bond acceptors (Lipinski definition) is 3. The van der Waals surface area contributed by atoms with Gasteiger partial charge in [0.25, 0.3) is 0 Å². The summed E-state index contributed by atoms with van der Waals surface area (Å²) in [5.74, 6) is -0.0478. The van der Waals surface area contributed by atoms with E-state index in [2.05, 4.69) is 85.9 Å². The highest BCUT2D eigenvalue weighted by Gasteiger charge is 2.41. The fraction of sp³-hybridized carbons (Fsp3) is 0.156. The maximum Gasteiger partial charge on any atom is 0.226 e. The Kier molecular flexibility index (Phi) is 6.82. The molecular formula is C32H29N5OS. The number of fused-ring (bicyclic) bond motifs is 1. The van der Waals surface area contributed by atoms with Crippen molar-refractivity contribution in [1.82, 2.24) is 19.8 Å². The van der Waals surface area contributed by atoms with Crippen LogP contribution >= 0.6 is 12.2 Å². The van der Waals surface area contributed by atoms with E-state index in [1.807, 2.05) is 49.4 Å². The second-order valence-corrected chi connectivity index (χ2v) is 10.2. The lowest BCUT2D eigenvalue weighted by Crippen LogP contribution is -2.33. The number of carbonyl (C=O) groups is 1. The number of hydrogen-bond donors (Lipinski definition) is 2. The molecule has 1 aliphatic rings. The number of aryl methyl sites for hydroxylation is 1. The van der Waals surface area contributed by atoms with Crippen molar-refractivity contribution in [3.63, 3.8) is 0 Å². The van der Waals surface area contributed by atoms with Crippen LogP contribution in [0.25, 0.3) is 16.5 Å². The summed E-state index contributed by atoms with van der Waals surface area (Å²) in [6.45, 7) is 2.48. The van der Waals surface area contributed by atoms with Gasteiger partial charge in [-0.05, 0) is 84.0 Å². The molecule has 1 fully saturated rings. The number of anilines is 1. The second-order valence-electron chi connectivity index (χ2n) is 9.82. The average Bonchev–Trinajstić information content (AvgIpc) is 3.56. The van der Waals surface area contributed by atoms with Gasteiger partial charge in [0.2, 0.25) is 5.91 Å². The lowest BCUT2D eigenvalue weighted by Gasteiger charge is -2.29. The number of aromatic nitrogens is 2. The maximum absolute atomic E-state index is 12.9. The van der Waals surface area contributed by atoms with E-state index >= 15 is 0 Å². The zero-order chi connectivity index (χ0) is 26.8. The van der Waals surface area contributed by atoms with Crippen molar-refractivity contribution < 1.29 is 4.79 Å². The van der Waals surface area contributed by atoms with Crippen LogP contribution in [0, 0.1) is 6.92 Å². The van der Waals surface area contributed by atoms with Crippen LogP contribution in [0.3, 0.4) is 0 Å². The van der Waals surface area contributed by atoms with E-state index in [1.165, 1.54) is 10.8 Å². The Bertz CT molecular complexity index is 1650. The van der Waals surface area contributed by atoms with E-state index in [0.29, 0.717) is 18.1 Å². The Balaban J connectivity index is 1.32. The highest BCUT2D eigenvalue weighted by molar-refractivity contribution is 7.80. The number of nitrogens with zero attached hydrogens (tertiary/aromatic N) is 3. The number of benzene rings is 3. The smallest absolute Gasteiger partial charge is 0.226 e. The zero-order valence-corrected chi connectivity index (χ0v) is 22.4. The zero-order valence-electron chi connectivity index (χ0n) is 21.6. The summed E-state index contributed by atoms with van der Waals surface area (Å²) in [5, 5.41) is 9.52. The normalized spacial score (nSPS) is 16.8. The van der Waals surface area contributed by atoms with Crippen LogP contribution in [0.5, 0.6) is 0 Å². The van der Waals surface area contributed by atoms with E-state index in [-0.39, 0.29) is 18.0 Å². The van der Waals surface area contributed by atoms with Crippen LogP contribution in [0.1, 0.15) is 35.5 Å². The largest absolute Gasteiger partial charge is 0.352 e. The number of carbonyl (C=O) groups excluding carboxylic acids is 1. The minimum Gasteiger partial charge on any atom is -0.352 e. The minimum atomic E-state index is -0.160. The standard InChI is InChI=1S/C32H29N5OS/c1-22-8-6-11-25(20-22)34-29(38)16-19-37-31(30(35-32(37)39)27-12-4-5-17-33-27)28-13-7-18-36(28)26-15-14-23-9-2-3-10-24(23)21-26/h2-15,17-18,20-21,30-31H,16,19H2,1H3,(H,34,38)(H,35,39)/t30-,31+/m1/s1. The van der Waals surface area contributed by atoms with Gasteiger partial charge in [0, 0.05) is 42.4 Å². The highest BCUT2D eigenvalue weighted by Crippen LogP contribution is 2.39. The molecule has 0 radical (unpaired) electrons. The Hall–Kier alpha value is -4.49. The summed E-state index contributed by atoms with van der Waals surface area (Å²) in [7, 11) is 0. The van der Waals surface area contributed by atoms with Crippen LogP contribution in [0.15, 0.2) is 109 Å². The molecule has 0 aliphatic carbocycles. The van der Waals surface area contributed by atoms with E-state index in [1.54, 1.807) is 6.20 Å². The van der Waals surface area contributed by atoms with E-state index in [0.717, 1.165) is 28.3 Å². The molecule has 6 rings (SSSR count). The van der Waals surface area contributed by atoms with Crippen molar-refractivity contribution in [1.29, 1.82) is 0 Å². The molecule has 1 amide bonds. The van der Waals surface area contributed by atoms with Gasteiger partial charge in [-0.25, -0.2) is 0 Å². The predicted molar refractivity (Wildman–Crippen MR) is 160 cm³/mol. The fourth-order valence-corrected chi connectivity index (χ4v) is 5.66. The molecular weight excluding hydrogens is 502 g/mol. The number of nitrogens with one attached hydrogen (secondary N) is 2. The van der Waals surface area contributed by atoms with Crippen molar-refractivity contribution in [2.45, 2.75) is 25.4 Å². The van der Waals surface area contributed by atoms with Crippen LogP contribution in [0.4, 0.5) is 5.69 Å². The summed E-state index contributed by atoms with van der Waals surface area (Å²) in [5.41, 5.74) is 4.96. The van der Waals surface area contributed by atoms with Gasteiger partial charge in [0.05, 0.1) is 17.8 Å². The maximum atomic E-state index is 12.9. The average molecular weight is 532 g/mol. The third kappa shape index (κ3) is 5.13. The molecule has 2 atom stereocenters. The monoisotopic (exact) mass is 531 g/mol. The topological polar surface area (TPSA) is 62.2 Å². The molecule has 1 saturated heterocycles. The minimum absolute atomic E-state index is 0.0478. The number of pyridine rings is 1. The lowest BCUT2D eigenvalue weighted by molar-refractivity contribution is -0.116. The van der Waals surface area contributed by atoms with Crippen molar-refractivity contribution in [2.75, 3.05) is 11.9 Å². The molecule has 3 heterocycles. The summed E-state index contributed by atoms with van der Waals surface area (Å²) in [6.07, 6.45) is 4.19. The summed E-state index contributed by atoms with van der Waals surface area (Å²) < 4.78 is 2.21. The quantitative estimate of drug-likeness (QED) is 0.240. The van der Waals surface area contributed by atoms with Gasteiger partial charge in [-0.15, -0.1) is 0 Å². The molecule has 7 heteroatoms. The van der Waals surface area contributed by atoms with E-state index in [9.17, 15) is 4.79 Å². The third-order valence-corrected chi connectivity index (χ3v) is 7.53. The molecule has 0 saturated carbocycles. The first-order valence-electron chi connectivity index (χ1n) is 13.1. The van der Waals surface area contributed by atoms with Gasteiger partial charge in [-0.2, -0.15) is 0 Å². The van der Waals surface area contributed by atoms with Crippen molar-refractivity contribution in [2.24, 2.45) is 0 Å².